The fraction of sp³-hybridized carbons (Fsp3) is 0.269. The largest absolute Gasteiger partial charge is 0.452 e. The van der Waals surface area contributed by atoms with Crippen molar-refractivity contribution in [3.05, 3.63) is 85.7 Å². The van der Waals surface area contributed by atoms with Crippen LogP contribution in [0.25, 0.3) is 6.08 Å². The fourth-order valence-electron chi connectivity index (χ4n) is 4.54. The van der Waals surface area contributed by atoms with Crippen LogP contribution in [0.2, 0.25) is 0 Å². The van der Waals surface area contributed by atoms with E-state index in [2.05, 4.69) is 23.6 Å². The molecule has 33 heavy (non-hydrogen) atoms. The zero-order valence-corrected chi connectivity index (χ0v) is 19.9. The van der Waals surface area contributed by atoms with Crippen LogP contribution in [0.4, 0.5) is 0 Å². The van der Waals surface area contributed by atoms with E-state index in [0.717, 1.165) is 35.4 Å². The van der Waals surface area contributed by atoms with Gasteiger partial charge in [-0.15, -0.1) is 22.7 Å². The first-order valence-corrected chi connectivity index (χ1v) is 12.8. The topological polar surface area (TPSA) is 59.0 Å². The number of hydrogen-bond acceptors (Lipinski definition) is 6. The lowest BCUT2D eigenvalue weighted by Gasteiger charge is -2.28. The van der Waals surface area contributed by atoms with Crippen LogP contribution in [0.15, 0.2) is 70.0 Å². The Balaban J connectivity index is 1.39. The van der Waals surface area contributed by atoms with Gasteiger partial charge in [0.05, 0.1) is 17.3 Å². The molecule has 1 aliphatic heterocycles. The molecule has 1 saturated carbocycles. The molecule has 3 aromatic rings. The van der Waals surface area contributed by atoms with Crippen molar-refractivity contribution in [1.82, 2.24) is 5.01 Å². The summed E-state index contributed by atoms with van der Waals surface area (Å²) in [4.78, 5) is 28.0. The number of allylic oxidation sites excluding steroid dienone is 1. The maximum Gasteiger partial charge on any atom is 0.338 e. The van der Waals surface area contributed by atoms with Crippen LogP contribution in [0.5, 0.6) is 0 Å². The van der Waals surface area contributed by atoms with E-state index in [9.17, 15) is 9.59 Å². The molecule has 5 rings (SSSR count). The molecule has 0 N–H and O–H groups in total. The first-order chi connectivity index (χ1) is 16.1. The number of carbonyl (C=O) groups excluding carboxylic acids is 2. The van der Waals surface area contributed by atoms with Crippen molar-refractivity contribution >= 4 is 46.3 Å². The first-order valence-electron chi connectivity index (χ1n) is 11.0. The lowest BCUT2D eigenvalue weighted by atomic mass is 9.79. The van der Waals surface area contributed by atoms with Crippen molar-refractivity contribution in [1.29, 1.82) is 0 Å². The second kappa shape index (κ2) is 9.45. The number of benzene rings is 1. The number of rotatable bonds is 5. The summed E-state index contributed by atoms with van der Waals surface area (Å²) >= 11 is 3.33. The van der Waals surface area contributed by atoms with Gasteiger partial charge in [-0.3, -0.25) is 4.79 Å². The van der Waals surface area contributed by atoms with Crippen LogP contribution < -0.4 is 0 Å². The standard InChI is InChI=1S/C26H24N2O3S2/c1-17-6-2-8-19(14-17)26(30)31-16-23(29)28-25(22-11-5-13-33-22)21-10-3-7-18(24(21)27-28)15-20-9-4-12-32-20/h2,4-6,8-9,11-15,21,25H,3,7,10,16H2,1H3. The van der Waals surface area contributed by atoms with E-state index < -0.39 is 5.97 Å². The third-order valence-electron chi connectivity index (χ3n) is 6.03. The molecule has 5 nitrogen and oxygen atoms in total. The summed E-state index contributed by atoms with van der Waals surface area (Å²) in [7, 11) is 0. The molecular weight excluding hydrogens is 452 g/mol. The van der Waals surface area contributed by atoms with Crippen LogP contribution in [-0.2, 0) is 9.53 Å². The Morgan fingerprint density at radius 3 is 2.76 bits per heavy atom. The average molecular weight is 477 g/mol. The number of nitrogens with zero attached hydrogens (tertiary/aromatic N) is 2. The van der Waals surface area contributed by atoms with Gasteiger partial charge in [-0.1, -0.05) is 29.8 Å². The SMILES string of the molecule is Cc1cccc(C(=O)OCC(=O)N2N=C3C(=Cc4cccs4)CCCC3C2c2cccs2)c1. The minimum Gasteiger partial charge on any atom is -0.452 e. The number of ether oxygens (including phenoxy) is 1. The van der Waals surface area contributed by atoms with Gasteiger partial charge in [0, 0.05) is 15.7 Å². The van der Waals surface area contributed by atoms with E-state index in [-0.39, 0.29) is 24.5 Å². The Morgan fingerprint density at radius 1 is 1.15 bits per heavy atom. The first kappa shape index (κ1) is 21.8. The van der Waals surface area contributed by atoms with Gasteiger partial charge in [-0.2, -0.15) is 5.10 Å². The molecule has 0 bridgehead atoms. The molecule has 1 fully saturated rings. The zero-order valence-electron chi connectivity index (χ0n) is 18.3. The van der Waals surface area contributed by atoms with Gasteiger partial charge in [0.25, 0.3) is 5.91 Å². The fourth-order valence-corrected chi connectivity index (χ4v) is 6.10. The van der Waals surface area contributed by atoms with Crippen molar-refractivity contribution < 1.29 is 14.3 Å². The lowest BCUT2D eigenvalue weighted by molar-refractivity contribution is -0.136. The summed E-state index contributed by atoms with van der Waals surface area (Å²) in [5, 5.41) is 10.5. The summed E-state index contributed by atoms with van der Waals surface area (Å²) < 4.78 is 5.38. The van der Waals surface area contributed by atoms with Crippen molar-refractivity contribution in [2.75, 3.05) is 6.61 Å². The highest BCUT2D eigenvalue weighted by atomic mass is 32.1. The highest BCUT2D eigenvalue weighted by molar-refractivity contribution is 7.11. The van der Waals surface area contributed by atoms with Gasteiger partial charge in [0.2, 0.25) is 0 Å². The summed E-state index contributed by atoms with van der Waals surface area (Å²) in [6.07, 6.45) is 5.20. The maximum atomic E-state index is 13.2. The monoisotopic (exact) mass is 476 g/mol. The van der Waals surface area contributed by atoms with E-state index in [1.54, 1.807) is 45.9 Å². The minimum atomic E-state index is -0.498. The van der Waals surface area contributed by atoms with E-state index in [1.165, 1.54) is 10.5 Å². The van der Waals surface area contributed by atoms with Gasteiger partial charge >= 0.3 is 5.97 Å². The van der Waals surface area contributed by atoms with Crippen molar-refractivity contribution in [2.45, 2.75) is 32.2 Å². The molecule has 7 heteroatoms. The van der Waals surface area contributed by atoms with E-state index in [4.69, 9.17) is 9.84 Å². The normalized spacial score (nSPS) is 21.1. The predicted octanol–water partition coefficient (Wildman–Crippen LogP) is 6.10. The van der Waals surface area contributed by atoms with E-state index in [1.807, 2.05) is 30.5 Å². The molecule has 2 unspecified atom stereocenters. The number of hydrogen-bond donors (Lipinski definition) is 0. The Hall–Kier alpha value is -3.03. The smallest absolute Gasteiger partial charge is 0.338 e. The van der Waals surface area contributed by atoms with Gasteiger partial charge in [0.1, 0.15) is 0 Å². The zero-order chi connectivity index (χ0) is 22.8. The predicted molar refractivity (Wildman–Crippen MR) is 132 cm³/mol. The Kier molecular flexibility index (Phi) is 6.24. The van der Waals surface area contributed by atoms with Crippen molar-refractivity contribution in [3.63, 3.8) is 0 Å². The second-order valence-electron chi connectivity index (χ2n) is 8.31. The van der Waals surface area contributed by atoms with E-state index in [0.29, 0.717) is 5.56 Å². The highest BCUT2D eigenvalue weighted by Gasteiger charge is 2.44. The van der Waals surface area contributed by atoms with Crippen LogP contribution in [0.1, 0.15) is 51.0 Å². The van der Waals surface area contributed by atoms with Crippen LogP contribution in [0.3, 0.4) is 0 Å². The Labute approximate surface area is 201 Å². The average Bonchev–Trinajstić information content (AvgIpc) is 3.58. The van der Waals surface area contributed by atoms with Crippen LogP contribution in [0, 0.1) is 12.8 Å². The molecule has 1 aromatic carbocycles. The number of esters is 1. The molecule has 0 spiro atoms. The third kappa shape index (κ3) is 4.56. The quantitative estimate of drug-likeness (QED) is 0.418. The highest BCUT2D eigenvalue weighted by Crippen LogP contribution is 2.45. The second-order valence-corrected chi connectivity index (χ2v) is 10.3. The summed E-state index contributed by atoms with van der Waals surface area (Å²) in [5.74, 6) is -0.644. The van der Waals surface area contributed by atoms with Crippen molar-refractivity contribution in [2.24, 2.45) is 11.0 Å². The lowest BCUT2D eigenvalue weighted by Crippen LogP contribution is -2.34. The van der Waals surface area contributed by atoms with Crippen LogP contribution >= 0.6 is 22.7 Å². The molecule has 168 valence electrons. The molecule has 2 atom stereocenters. The molecule has 0 saturated heterocycles. The third-order valence-corrected chi connectivity index (χ3v) is 7.79. The molecular formula is C26H24N2O3S2. The molecule has 3 heterocycles. The molecule has 2 aliphatic rings. The van der Waals surface area contributed by atoms with Gasteiger partial charge in [-0.25, -0.2) is 9.80 Å². The van der Waals surface area contributed by atoms with Crippen molar-refractivity contribution in [3.8, 4) is 0 Å². The number of hydrazone groups is 1. The molecule has 2 aromatic heterocycles. The van der Waals surface area contributed by atoms with Crippen LogP contribution in [-0.4, -0.2) is 29.2 Å². The molecule has 1 amide bonds. The molecule has 0 radical (unpaired) electrons. The number of amides is 1. The number of fused-ring (bicyclic) bond motifs is 1. The number of carbonyl (C=O) groups is 2. The Bertz CT molecular complexity index is 1210. The summed E-state index contributed by atoms with van der Waals surface area (Å²) in [5.41, 5.74) is 3.60. The van der Waals surface area contributed by atoms with Gasteiger partial charge in [0.15, 0.2) is 6.61 Å². The summed E-state index contributed by atoms with van der Waals surface area (Å²) in [6, 6.07) is 15.2. The number of thiophene rings is 2. The number of aryl methyl sites for hydroxylation is 1. The maximum absolute atomic E-state index is 13.2. The minimum absolute atomic E-state index is 0.153. The Morgan fingerprint density at radius 2 is 2.00 bits per heavy atom. The summed E-state index contributed by atoms with van der Waals surface area (Å²) in [6.45, 7) is 1.58. The van der Waals surface area contributed by atoms with Gasteiger partial charge in [-0.05, 0) is 72.9 Å². The van der Waals surface area contributed by atoms with Gasteiger partial charge < -0.3 is 4.74 Å². The molecule has 1 aliphatic carbocycles. The van der Waals surface area contributed by atoms with E-state index >= 15 is 0 Å².